The highest BCUT2D eigenvalue weighted by Gasteiger charge is 2.19. The van der Waals surface area contributed by atoms with Crippen molar-refractivity contribution in [1.82, 2.24) is 10.2 Å². The van der Waals surface area contributed by atoms with Crippen molar-refractivity contribution in [2.45, 2.75) is 37.6 Å². The fourth-order valence-electron chi connectivity index (χ4n) is 2.67. The van der Waals surface area contributed by atoms with Crippen molar-refractivity contribution < 1.29 is 0 Å². The van der Waals surface area contributed by atoms with Crippen molar-refractivity contribution in [2.24, 2.45) is 0 Å². The molecule has 0 spiro atoms. The molecule has 1 N–H and O–H groups in total. The van der Waals surface area contributed by atoms with E-state index in [-0.39, 0.29) is 0 Å². The third-order valence-electron chi connectivity index (χ3n) is 3.89. The molecule has 0 saturated heterocycles. The van der Waals surface area contributed by atoms with Gasteiger partial charge >= 0.3 is 0 Å². The first-order valence-electron chi connectivity index (χ1n) is 7.52. The van der Waals surface area contributed by atoms with Gasteiger partial charge in [-0.3, -0.25) is 0 Å². The molecule has 0 aliphatic carbocycles. The van der Waals surface area contributed by atoms with Gasteiger partial charge in [0.1, 0.15) is 0 Å². The Morgan fingerprint density at radius 3 is 2.84 bits per heavy atom. The predicted octanol–water partition coefficient (Wildman–Crippen LogP) is 3.55. The maximum Gasteiger partial charge on any atom is 0.0339 e. The molecule has 1 heterocycles. The molecule has 2 nitrogen and oxygen atoms in total. The van der Waals surface area contributed by atoms with E-state index in [1.807, 2.05) is 11.8 Å². The molecule has 0 bridgehead atoms. The van der Waals surface area contributed by atoms with Crippen LogP contribution in [0.15, 0.2) is 29.2 Å². The second-order valence-electron chi connectivity index (χ2n) is 5.06. The number of hydrogen-bond acceptors (Lipinski definition) is 3. The van der Waals surface area contributed by atoms with Crippen LogP contribution in [-0.2, 0) is 0 Å². The quantitative estimate of drug-likeness (QED) is 0.768. The summed E-state index contributed by atoms with van der Waals surface area (Å²) >= 11 is 2.00. The lowest BCUT2D eigenvalue weighted by molar-refractivity contribution is 0.295. The van der Waals surface area contributed by atoms with E-state index in [4.69, 9.17) is 0 Å². The van der Waals surface area contributed by atoms with Gasteiger partial charge in [0.2, 0.25) is 0 Å². The monoisotopic (exact) mass is 278 g/mol. The van der Waals surface area contributed by atoms with Gasteiger partial charge in [0.15, 0.2) is 0 Å². The van der Waals surface area contributed by atoms with Crippen molar-refractivity contribution in [1.29, 1.82) is 0 Å². The zero-order chi connectivity index (χ0) is 13.5. The molecule has 2 rings (SSSR count). The Kier molecular flexibility index (Phi) is 6.21. The SMILES string of the molecule is CCN(CC)CCCNC1CCSc2ccccc21. The fraction of sp³-hybridized carbons (Fsp3) is 0.625. The van der Waals surface area contributed by atoms with E-state index < -0.39 is 0 Å². The van der Waals surface area contributed by atoms with E-state index in [9.17, 15) is 0 Å². The van der Waals surface area contributed by atoms with Crippen molar-refractivity contribution in [3.63, 3.8) is 0 Å². The summed E-state index contributed by atoms with van der Waals surface area (Å²) in [6, 6.07) is 9.41. The predicted molar refractivity (Wildman–Crippen MR) is 84.9 cm³/mol. The molecular weight excluding hydrogens is 252 g/mol. The zero-order valence-electron chi connectivity index (χ0n) is 12.2. The Morgan fingerprint density at radius 2 is 2.05 bits per heavy atom. The summed E-state index contributed by atoms with van der Waals surface area (Å²) in [5, 5.41) is 3.74. The lowest BCUT2D eigenvalue weighted by atomic mass is 10.0. The average Bonchev–Trinajstić information content (AvgIpc) is 2.47. The highest BCUT2D eigenvalue weighted by atomic mass is 32.2. The van der Waals surface area contributed by atoms with Crippen molar-refractivity contribution in [2.75, 3.05) is 31.9 Å². The van der Waals surface area contributed by atoms with Gasteiger partial charge in [0.05, 0.1) is 0 Å². The summed E-state index contributed by atoms with van der Waals surface area (Å²) in [5.74, 6) is 1.24. The molecule has 0 fully saturated rings. The number of benzene rings is 1. The highest BCUT2D eigenvalue weighted by molar-refractivity contribution is 7.99. The van der Waals surface area contributed by atoms with Gasteiger partial charge in [-0.2, -0.15) is 0 Å². The Hall–Kier alpha value is -0.510. The van der Waals surface area contributed by atoms with Gasteiger partial charge in [-0.15, -0.1) is 11.8 Å². The molecule has 0 amide bonds. The Morgan fingerprint density at radius 1 is 1.26 bits per heavy atom. The van der Waals surface area contributed by atoms with Crippen LogP contribution in [0.25, 0.3) is 0 Å². The minimum atomic E-state index is 0.564. The van der Waals surface area contributed by atoms with Crippen molar-refractivity contribution >= 4 is 11.8 Å². The number of fused-ring (bicyclic) bond motifs is 1. The smallest absolute Gasteiger partial charge is 0.0339 e. The third kappa shape index (κ3) is 4.23. The van der Waals surface area contributed by atoms with Crippen molar-refractivity contribution in [3.8, 4) is 0 Å². The number of hydrogen-bond donors (Lipinski definition) is 1. The molecule has 1 atom stereocenters. The van der Waals surface area contributed by atoms with Crippen LogP contribution in [0.2, 0.25) is 0 Å². The van der Waals surface area contributed by atoms with Crippen LogP contribution in [0.5, 0.6) is 0 Å². The summed E-state index contributed by atoms with van der Waals surface area (Å²) in [6.07, 6.45) is 2.50. The second-order valence-corrected chi connectivity index (χ2v) is 6.20. The molecule has 1 aliphatic rings. The maximum atomic E-state index is 3.74. The van der Waals surface area contributed by atoms with E-state index in [1.165, 1.54) is 48.7 Å². The van der Waals surface area contributed by atoms with E-state index in [0.717, 1.165) is 6.54 Å². The number of rotatable bonds is 7. The molecule has 1 aromatic carbocycles. The van der Waals surface area contributed by atoms with Crippen LogP contribution in [0, 0.1) is 0 Å². The third-order valence-corrected chi connectivity index (χ3v) is 5.02. The average molecular weight is 278 g/mol. The van der Waals surface area contributed by atoms with Gasteiger partial charge in [-0.25, -0.2) is 0 Å². The van der Waals surface area contributed by atoms with Crippen LogP contribution in [0.4, 0.5) is 0 Å². The van der Waals surface area contributed by atoms with Crippen LogP contribution in [0.3, 0.4) is 0 Å². The van der Waals surface area contributed by atoms with Gasteiger partial charge in [-0.05, 0) is 56.4 Å². The van der Waals surface area contributed by atoms with E-state index in [1.54, 1.807) is 0 Å². The molecular formula is C16H26N2S. The molecule has 0 saturated carbocycles. The molecule has 1 unspecified atom stereocenters. The molecule has 106 valence electrons. The highest BCUT2D eigenvalue weighted by Crippen LogP contribution is 2.35. The summed E-state index contributed by atoms with van der Waals surface area (Å²) < 4.78 is 0. The first-order chi connectivity index (χ1) is 9.35. The molecule has 0 radical (unpaired) electrons. The van der Waals surface area contributed by atoms with Crippen LogP contribution < -0.4 is 5.32 Å². The second kappa shape index (κ2) is 7.93. The Bertz CT molecular complexity index is 377. The topological polar surface area (TPSA) is 15.3 Å². The molecule has 3 heteroatoms. The van der Waals surface area contributed by atoms with Gasteiger partial charge < -0.3 is 10.2 Å². The first kappa shape index (κ1) is 14.9. The van der Waals surface area contributed by atoms with Gasteiger partial charge in [0, 0.05) is 10.9 Å². The molecule has 19 heavy (non-hydrogen) atoms. The molecule has 1 aliphatic heterocycles. The number of thioether (sulfide) groups is 1. The zero-order valence-corrected chi connectivity index (χ0v) is 13.0. The fourth-order valence-corrected chi connectivity index (χ4v) is 3.80. The van der Waals surface area contributed by atoms with E-state index in [2.05, 4.69) is 48.3 Å². The van der Waals surface area contributed by atoms with Crippen LogP contribution in [-0.4, -0.2) is 36.8 Å². The molecule has 1 aromatic rings. The van der Waals surface area contributed by atoms with Gasteiger partial charge in [-0.1, -0.05) is 32.0 Å². The Balaban J connectivity index is 1.78. The number of nitrogens with zero attached hydrogens (tertiary/aromatic N) is 1. The van der Waals surface area contributed by atoms with Crippen LogP contribution >= 0.6 is 11.8 Å². The number of nitrogens with one attached hydrogen (secondary N) is 1. The standard InChI is InChI=1S/C16H26N2S/c1-3-18(4-2)12-7-11-17-15-10-13-19-16-9-6-5-8-14(15)16/h5-6,8-9,15,17H,3-4,7,10-13H2,1-2H3. The molecule has 0 aromatic heterocycles. The maximum absolute atomic E-state index is 3.74. The summed E-state index contributed by atoms with van der Waals surface area (Å²) in [6.45, 7) is 9.15. The summed E-state index contributed by atoms with van der Waals surface area (Å²) in [7, 11) is 0. The lowest BCUT2D eigenvalue weighted by Gasteiger charge is -2.26. The van der Waals surface area contributed by atoms with Gasteiger partial charge in [0.25, 0.3) is 0 Å². The van der Waals surface area contributed by atoms with E-state index >= 15 is 0 Å². The minimum Gasteiger partial charge on any atom is -0.310 e. The first-order valence-corrected chi connectivity index (χ1v) is 8.51. The van der Waals surface area contributed by atoms with Crippen LogP contribution in [0.1, 0.15) is 38.3 Å². The van der Waals surface area contributed by atoms with E-state index in [0.29, 0.717) is 6.04 Å². The minimum absolute atomic E-state index is 0.564. The van der Waals surface area contributed by atoms with Crippen molar-refractivity contribution in [3.05, 3.63) is 29.8 Å². The lowest BCUT2D eigenvalue weighted by Crippen LogP contribution is -2.30. The Labute approximate surface area is 122 Å². The normalized spacial score (nSPS) is 18.6. The summed E-state index contributed by atoms with van der Waals surface area (Å²) in [4.78, 5) is 3.96. The largest absolute Gasteiger partial charge is 0.310 e. The summed E-state index contributed by atoms with van der Waals surface area (Å²) in [5.41, 5.74) is 1.50.